The molecule has 0 nitrogen and oxygen atoms in total. The van der Waals surface area contributed by atoms with E-state index in [1.807, 2.05) is 0 Å². The van der Waals surface area contributed by atoms with E-state index in [1.165, 1.54) is 44.4 Å². The van der Waals surface area contributed by atoms with Crippen LogP contribution in [0.5, 0.6) is 0 Å². The second-order valence-electron chi connectivity index (χ2n) is 4.48. The van der Waals surface area contributed by atoms with Crippen LogP contribution in [0.4, 0.5) is 0 Å². The van der Waals surface area contributed by atoms with Gasteiger partial charge in [-0.2, -0.15) is 0 Å². The van der Waals surface area contributed by atoms with Gasteiger partial charge in [-0.25, -0.2) is 0 Å². The zero-order valence-corrected chi connectivity index (χ0v) is 11.7. The minimum Gasteiger partial charge on any atom is -0.0654 e. The molecule has 0 spiro atoms. The van der Waals surface area contributed by atoms with E-state index >= 15 is 0 Å². The number of unbranched alkanes of at least 4 members (excludes halogenated alkanes) is 3. The average molecular weight is 217 g/mol. The van der Waals surface area contributed by atoms with Crippen LogP contribution >= 0.6 is 7.26 Å². The molecular weight excluding hydrogens is 187 g/mol. The van der Waals surface area contributed by atoms with Gasteiger partial charge in [-0.15, -0.1) is 0 Å². The molecule has 0 N–H and O–H groups in total. The molecular formula is C13H30P+. The van der Waals surface area contributed by atoms with Crippen LogP contribution in [0.2, 0.25) is 0 Å². The minimum atomic E-state index is -0.504. The Balaban J connectivity index is 3.94. The molecule has 14 heavy (non-hydrogen) atoms. The summed E-state index contributed by atoms with van der Waals surface area (Å²) >= 11 is 0. The Morgan fingerprint density at radius 2 is 1.14 bits per heavy atom. The van der Waals surface area contributed by atoms with Crippen LogP contribution < -0.4 is 0 Å². The average Bonchev–Trinajstić information content (AvgIpc) is 2.24. The van der Waals surface area contributed by atoms with Crippen molar-refractivity contribution in [3.8, 4) is 0 Å². The Morgan fingerprint density at radius 1 is 0.643 bits per heavy atom. The fourth-order valence-electron chi connectivity index (χ4n) is 2.16. The molecule has 86 valence electrons. The predicted molar refractivity (Wildman–Crippen MR) is 72.2 cm³/mol. The van der Waals surface area contributed by atoms with E-state index in [9.17, 15) is 0 Å². The number of hydrogen-bond acceptors (Lipinski definition) is 0. The van der Waals surface area contributed by atoms with Gasteiger partial charge >= 0.3 is 0 Å². The van der Waals surface area contributed by atoms with Gasteiger partial charge in [-0.05, 0) is 26.7 Å². The summed E-state index contributed by atoms with van der Waals surface area (Å²) in [5, 5.41) is 0. The molecule has 0 aliphatic rings. The summed E-state index contributed by atoms with van der Waals surface area (Å²) < 4.78 is 0. The third-order valence-corrected chi connectivity index (χ3v) is 8.78. The van der Waals surface area contributed by atoms with Gasteiger partial charge in [0.2, 0.25) is 0 Å². The summed E-state index contributed by atoms with van der Waals surface area (Å²) in [7, 11) is -0.504. The first-order valence-corrected chi connectivity index (χ1v) is 9.12. The first-order chi connectivity index (χ1) is 6.74. The van der Waals surface area contributed by atoms with Gasteiger partial charge in [0.25, 0.3) is 0 Å². The zero-order chi connectivity index (χ0) is 10.9. The minimum absolute atomic E-state index is 0.504. The van der Waals surface area contributed by atoms with E-state index < -0.39 is 7.26 Å². The molecule has 1 heteroatoms. The highest BCUT2D eigenvalue weighted by Gasteiger charge is 2.31. The lowest BCUT2D eigenvalue weighted by Gasteiger charge is -2.25. The van der Waals surface area contributed by atoms with Crippen LogP contribution in [0, 0.1) is 0 Å². The van der Waals surface area contributed by atoms with Gasteiger partial charge in [0.15, 0.2) is 0 Å². The highest BCUT2D eigenvalue weighted by atomic mass is 31.2. The lowest BCUT2D eigenvalue weighted by molar-refractivity contribution is 0.769. The van der Waals surface area contributed by atoms with Crippen LogP contribution in [0.3, 0.4) is 0 Å². The van der Waals surface area contributed by atoms with Crippen molar-refractivity contribution in [2.24, 2.45) is 0 Å². The topological polar surface area (TPSA) is 0 Å². The second-order valence-corrected chi connectivity index (χ2v) is 9.32. The van der Waals surface area contributed by atoms with Crippen molar-refractivity contribution in [3.63, 3.8) is 0 Å². The number of hydrogen-bond donors (Lipinski definition) is 0. The van der Waals surface area contributed by atoms with Crippen molar-refractivity contribution in [2.75, 3.05) is 24.6 Å². The quantitative estimate of drug-likeness (QED) is 0.375. The monoisotopic (exact) mass is 217 g/mol. The fraction of sp³-hybridized carbons (Fsp3) is 1.00. The standard InChI is InChI=1S/C13H30P/c1-5-9-11-13-14(7-3,8-4)12-10-6-2/h5-13H2,1-4H3/q+1. The molecule has 0 unspecified atom stereocenters. The van der Waals surface area contributed by atoms with Crippen LogP contribution in [-0.2, 0) is 0 Å². The summed E-state index contributed by atoms with van der Waals surface area (Å²) in [6.07, 6.45) is 13.3. The summed E-state index contributed by atoms with van der Waals surface area (Å²) in [6.45, 7) is 9.49. The molecule has 0 radical (unpaired) electrons. The second kappa shape index (κ2) is 8.72. The third kappa shape index (κ3) is 5.35. The van der Waals surface area contributed by atoms with Gasteiger partial charge < -0.3 is 0 Å². The number of rotatable bonds is 9. The van der Waals surface area contributed by atoms with Crippen LogP contribution in [0.15, 0.2) is 0 Å². The lowest BCUT2D eigenvalue weighted by Crippen LogP contribution is -2.09. The first kappa shape index (κ1) is 14.4. The maximum absolute atomic E-state index is 2.43. The van der Waals surface area contributed by atoms with Crippen molar-refractivity contribution < 1.29 is 0 Å². The lowest BCUT2D eigenvalue weighted by atomic mass is 10.3. The Hall–Kier alpha value is 0.430. The molecule has 0 atom stereocenters. The highest BCUT2D eigenvalue weighted by Crippen LogP contribution is 2.59. The Kier molecular flexibility index (Phi) is 8.98. The molecule has 0 amide bonds. The molecule has 0 aromatic heterocycles. The molecule has 0 aliphatic carbocycles. The molecule has 0 fully saturated rings. The molecule has 0 aliphatic heterocycles. The van der Waals surface area contributed by atoms with Crippen molar-refractivity contribution in [2.45, 2.75) is 59.8 Å². The Bertz CT molecular complexity index is 116. The van der Waals surface area contributed by atoms with Crippen molar-refractivity contribution in [1.82, 2.24) is 0 Å². The van der Waals surface area contributed by atoms with E-state index in [2.05, 4.69) is 27.7 Å². The molecule has 0 aromatic rings. The molecule has 0 heterocycles. The summed E-state index contributed by atoms with van der Waals surface area (Å²) in [6, 6.07) is 0. The third-order valence-electron chi connectivity index (χ3n) is 3.56. The van der Waals surface area contributed by atoms with E-state index in [0.29, 0.717) is 0 Å². The predicted octanol–water partition coefficient (Wildman–Crippen LogP) is 5.03. The van der Waals surface area contributed by atoms with Crippen LogP contribution in [0.25, 0.3) is 0 Å². The van der Waals surface area contributed by atoms with Gasteiger partial charge in [0, 0.05) is 7.26 Å². The summed E-state index contributed by atoms with van der Waals surface area (Å²) in [4.78, 5) is 0. The van der Waals surface area contributed by atoms with E-state index in [4.69, 9.17) is 0 Å². The largest absolute Gasteiger partial charge is 0.0654 e. The molecule has 0 rings (SSSR count). The summed E-state index contributed by atoms with van der Waals surface area (Å²) in [5.74, 6) is 0. The van der Waals surface area contributed by atoms with Crippen molar-refractivity contribution in [3.05, 3.63) is 0 Å². The maximum atomic E-state index is 2.43. The van der Waals surface area contributed by atoms with E-state index in [1.54, 1.807) is 12.3 Å². The smallest absolute Gasteiger partial charge is 0.0594 e. The van der Waals surface area contributed by atoms with Gasteiger partial charge in [0.05, 0.1) is 24.6 Å². The molecule has 0 bridgehead atoms. The molecule has 0 aromatic carbocycles. The normalized spacial score (nSPS) is 12.0. The van der Waals surface area contributed by atoms with E-state index in [-0.39, 0.29) is 0 Å². The zero-order valence-electron chi connectivity index (χ0n) is 10.8. The Labute approximate surface area is 92.2 Å². The van der Waals surface area contributed by atoms with Crippen LogP contribution in [0.1, 0.15) is 59.8 Å². The maximum Gasteiger partial charge on any atom is 0.0594 e. The molecule has 0 saturated heterocycles. The summed E-state index contributed by atoms with van der Waals surface area (Å²) in [5.41, 5.74) is 0. The van der Waals surface area contributed by atoms with Crippen LogP contribution in [-0.4, -0.2) is 24.6 Å². The van der Waals surface area contributed by atoms with Crippen molar-refractivity contribution in [1.29, 1.82) is 0 Å². The van der Waals surface area contributed by atoms with Gasteiger partial charge in [-0.3, -0.25) is 0 Å². The fourth-order valence-corrected chi connectivity index (χ4v) is 5.98. The SMILES string of the molecule is CCCCC[P+](CC)(CC)CCCC. The van der Waals surface area contributed by atoms with Gasteiger partial charge in [-0.1, -0.05) is 33.1 Å². The molecule has 0 saturated carbocycles. The van der Waals surface area contributed by atoms with Crippen molar-refractivity contribution >= 4 is 7.26 Å². The highest BCUT2D eigenvalue weighted by molar-refractivity contribution is 7.75. The van der Waals surface area contributed by atoms with Gasteiger partial charge in [0.1, 0.15) is 0 Å². The van der Waals surface area contributed by atoms with E-state index in [0.717, 1.165) is 0 Å². The first-order valence-electron chi connectivity index (χ1n) is 6.59. The Morgan fingerprint density at radius 3 is 1.57 bits per heavy atom.